The first-order valence-corrected chi connectivity index (χ1v) is 11.4. The Balaban J connectivity index is 1.55. The van der Waals surface area contributed by atoms with E-state index in [1.807, 2.05) is 30.3 Å². The molecule has 2 atom stereocenters. The summed E-state index contributed by atoms with van der Waals surface area (Å²) in [5.41, 5.74) is 1.64. The Morgan fingerprint density at radius 1 is 0.935 bits per heavy atom. The Labute approximate surface area is 183 Å². The van der Waals surface area contributed by atoms with Crippen molar-refractivity contribution in [2.75, 3.05) is 11.6 Å². The van der Waals surface area contributed by atoms with Crippen LogP contribution in [0.15, 0.2) is 78.9 Å². The van der Waals surface area contributed by atoms with Crippen LogP contribution in [0.1, 0.15) is 22.8 Å². The Morgan fingerprint density at radius 2 is 1.61 bits per heavy atom. The molecule has 3 aromatic rings. The summed E-state index contributed by atoms with van der Waals surface area (Å²) in [5, 5.41) is 2.72. The molecule has 1 N–H and O–H groups in total. The van der Waals surface area contributed by atoms with Crippen LogP contribution in [0.3, 0.4) is 0 Å². The normalized spacial score (nSPS) is 12.5. The first kappa shape index (κ1) is 22.2. The van der Waals surface area contributed by atoms with Gasteiger partial charge in [0.1, 0.15) is 11.5 Å². The van der Waals surface area contributed by atoms with E-state index in [1.165, 1.54) is 6.92 Å². The average Bonchev–Trinajstić information content (AvgIpc) is 2.75. The van der Waals surface area contributed by atoms with Crippen LogP contribution in [-0.4, -0.2) is 28.4 Å². The third-order valence-corrected chi connectivity index (χ3v) is 5.03. The van der Waals surface area contributed by atoms with Crippen molar-refractivity contribution in [3.8, 4) is 11.5 Å². The van der Waals surface area contributed by atoms with Crippen LogP contribution in [0.2, 0.25) is 0 Å². The zero-order valence-electron chi connectivity index (χ0n) is 17.2. The minimum Gasteiger partial charge on any atom is -0.457 e. The van der Waals surface area contributed by atoms with Crippen LogP contribution in [0.5, 0.6) is 11.5 Å². The van der Waals surface area contributed by atoms with Gasteiger partial charge in [0, 0.05) is 28.5 Å². The van der Waals surface area contributed by atoms with Gasteiger partial charge in [0.05, 0.1) is 5.56 Å². The van der Waals surface area contributed by atoms with Gasteiger partial charge in [-0.3, -0.25) is 9.00 Å². The van der Waals surface area contributed by atoms with Gasteiger partial charge in [0.15, 0.2) is 6.10 Å². The molecule has 0 aliphatic carbocycles. The molecule has 160 valence electrons. The van der Waals surface area contributed by atoms with Gasteiger partial charge in [-0.2, -0.15) is 0 Å². The van der Waals surface area contributed by atoms with Crippen molar-refractivity contribution in [3.05, 3.63) is 90.0 Å². The molecule has 0 heterocycles. The molecule has 6 nitrogen and oxygen atoms in total. The number of nitrogens with one attached hydrogen (secondary N) is 1. The number of para-hydroxylation sites is 1. The van der Waals surface area contributed by atoms with E-state index in [0.29, 0.717) is 28.5 Å². The minimum absolute atomic E-state index is 0.310. The lowest BCUT2D eigenvalue weighted by Crippen LogP contribution is -2.30. The Bertz CT molecular complexity index is 1070. The van der Waals surface area contributed by atoms with Crippen molar-refractivity contribution < 1.29 is 23.3 Å². The summed E-state index contributed by atoms with van der Waals surface area (Å²) in [6.45, 7) is 1.51. The number of esters is 1. The molecule has 3 rings (SSSR count). The molecule has 0 aliphatic rings. The van der Waals surface area contributed by atoms with E-state index in [2.05, 4.69) is 5.32 Å². The molecule has 0 bridgehead atoms. The highest BCUT2D eigenvalue weighted by Gasteiger charge is 2.19. The standard InChI is InChI=1S/C24H23NO5S/c1-17(29-24(27)19-8-6-7-18(15-19)16-31(2)28)23(26)25-20-11-13-22(14-12-20)30-21-9-4-3-5-10-21/h3-15,17H,16H2,1-2H3,(H,25,26). The summed E-state index contributed by atoms with van der Waals surface area (Å²) in [5.74, 6) is 0.640. The highest BCUT2D eigenvalue weighted by atomic mass is 32.2. The number of hydrogen-bond acceptors (Lipinski definition) is 5. The van der Waals surface area contributed by atoms with Gasteiger partial charge in [-0.1, -0.05) is 30.3 Å². The molecule has 1 amide bonds. The number of anilines is 1. The van der Waals surface area contributed by atoms with Crippen LogP contribution in [0.25, 0.3) is 0 Å². The zero-order valence-corrected chi connectivity index (χ0v) is 18.1. The van der Waals surface area contributed by atoms with Crippen molar-refractivity contribution in [1.82, 2.24) is 0 Å². The first-order valence-electron chi connectivity index (χ1n) is 9.64. The maximum atomic E-state index is 12.4. The SMILES string of the molecule is CC(OC(=O)c1cccc(CS(C)=O)c1)C(=O)Nc1ccc(Oc2ccccc2)cc1. The van der Waals surface area contributed by atoms with Gasteiger partial charge in [-0.25, -0.2) is 4.79 Å². The van der Waals surface area contributed by atoms with Gasteiger partial charge in [0.25, 0.3) is 5.91 Å². The lowest BCUT2D eigenvalue weighted by atomic mass is 10.1. The highest BCUT2D eigenvalue weighted by molar-refractivity contribution is 7.83. The third-order valence-electron chi connectivity index (χ3n) is 4.29. The van der Waals surface area contributed by atoms with E-state index >= 15 is 0 Å². The molecule has 0 aromatic heterocycles. The fraction of sp³-hybridized carbons (Fsp3) is 0.167. The Kier molecular flexibility index (Phi) is 7.56. The minimum atomic E-state index is -1.02. The molecule has 0 radical (unpaired) electrons. The molecule has 2 unspecified atom stereocenters. The molecule has 0 fully saturated rings. The molecule has 0 spiro atoms. The first-order chi connectivity index (χ1) is 14.9. The van der Waals surface area contributed by atoms with E-state index < -0.39 is 28.8 Å². The average molecular weight is 438 g/mol. The Morgan fingerprint density at radius 3 is 2.29 bits per heavy atom. The summed E-state index contributed by atoms with van der Waals surface area (Å²) in [6, 6.07) is 23.0. The van der Waals surface area contributed by atoms with Gasteiger partial charge in [-0.05, 0) is 61.0 Å². The van der Waals surface area contributed by atoms with Crippen LogP contribution in [-0.2, 0) is 26.1 Å². The second-order valence-corrected chi connectivity index (χ2v) is 8.33. The van der Waals surface area contributed by atoms with Crippen LogP contribution >= 0.6 is 0 Å². The zero-order chi connectivity index (χ0) is 22.2. The van der Waals surface area contributed by atoms with Crippen LogP contribution < -0.4 is 10.1 Å². The summed E-state index contributed by atoms with van der Waals surface area (Å²) >= 11 is 0. The quantitative estimate of drug-likeness (QED) is 0.523. The molecule has 3 aromatic carbocycles. The summed E-state index contributed by atoms with van der Waals surface area (Å²) in [4.78, 5) is 24.8. The monoisotopic (exact) mass is 437 g/mol. The van der Waals surface area contributed by atoms with Gasteiger partial charge >= 0.3 is 5.97 Å². The maximum absolute atomic E-state index is 12.4. The third kappa shape index (κ3) is 6.79. The number of ether oxygens (including phenoxy) is 2. The molecule has 0 aliphatic heterocycles. The highest BCUT2D eigenvalue weighted by Crippen LogP contribution is 2.22. The van der Waals surface area contributed by atoms with Gasteiger partial charge < -0.3 is 14.8 Å². The van der Waals surface area contributed by atoms with Crippen molar-refractivity contribution in [3.63, 3.8) is 0 Å². The van der Waals surface area contributed by atoms with E-state index in [-0.39, 0.29) is 0 Å². The van der Waals surface area contributed by atoms with Crippen molar-refractivity contribution in [1.29, 1.82) is 0 Å². The number of carbonyl (C=O) groups excluding carboxylic acids is 2. The molecular weight excluding hydrogens is 414 g/mol. The van der Waals surface area contributed by atoms with E-state index in [4.69, 9.17) is 9.47 Å². The van der Waals surface area contributed by atoms with E-state index in [0.717, 1.165) is 5.56 Å². The lowest BCUT2D eigenvalue weighted by Gasteiger charge is -2.14. The van der Waals surface area contributed by atoms with Crippen LogP contribution in [0.4, 0.5) is 5.69 Å². The van der Waals surface area contributed by atoms with E-state index in [1.54, 1.807) is 54.8 Å². The van der Waals surface area contributed by atoms with Gasteiger partial charge in [0.2, 0.25) is 0 Å². The predicted molar refractivity (Wildman–Crippen MR) is 121 cm³/mol. The predicted octanol–water partition coefficient (Wildman–Crippen LogP) is 4.54. The summed E-state index contributed by atoms with van der Waals surface area (Å²) < 4.78 is 22.4. The fourth-order valence-electron chi connectivity index (χ4n) is 2.78. The lowest BCUT2D eigenvalue weighted by molar-refractivity contribution is -0.123. The topological polar surface area (TPSA) is 81.7 Å². The maximum Gasteiger partial charge on any atom is 0.338 e. The number of carbonyl (C=O) groups is 2. The van der Waals surface area contributed by atoms with Crippen LogP contribution in [0, 0.1) is 0 Å². The summed E-state index contributed by atoms with van der Waals surface area (Å²) in [6.07, 6.45) is 0.606. The van der Waals surface area contributed by atoms with Crippen molar-refractivity contribution in [2.45, 2.75) is 18.8 Å². The molecule has 0 saturated heterocycles. The molecule has 31 heavy (non-hydrogen) atoms. The van der Waals surface area contributed by atoms with Gasteiger partial charge in [-0.15, -0.1) is 0 Å². The second-order valence-electron chi connectivity index (χ2n) is 6.89. The molecular formula is C24H23NO5S. The molecule has 0 saturated carbocycles. The summed E-state index contributed by atoms with van der Waals surface area (Å²) in [7, 11) is -1.02. The van der Waals surface area contributed by atoms with Crippen molar-refractivity contribution >= 4 is 28.4 Å². The number of benzene rings is 3. The second kappa shape index (κ2) is 10.5. The number of amides is 1. The Hall–Kier alpha value is -3.45. The smallest absolute Gasteiger partial charge is 0.338 e. The van der Waals surface area contributed by atoms with E-state index in [9.17, 15) is 13.8 Å². The fourth-order valence-corrected chi connectivity index (χ4v) is 3.43. The molecule has 7 heteroatoms. The van der Waals surface area contributed by atoms with Crippen molar-refractivity contribution in [2.24, 2.45) is 0 Å². The number of rotatable bonds is 8. The largest absolute Gasteiger partial charge is 0.457 e. The number of hydrogen-bond donors (Lipinski definition) is 1.